The lowest BCUT2D eigenvalue weighted by atomic mass is 9.78. The number of benzene rings is 4. The Bertz CT molecular complexity index is 2570. The number of fused-ring (bicyclic) bond motifs is 6. The number of alkyl halides is 6. The van der Waals surface area contributed by atoms with Crippen LogP contribution in [-0.4, -0.2) is 72.7 Å². The van der Waals surface area contributed by atoms with Crippen molar-refractivity contribution in [2.45, 2.75) is 212 Å². The lowest BCUT2D eigenvalue weighted by Gasteiger charge is -2.48. The van der Waals surface area contributed by atoms with E-state index in [0.29, 0.717) is 65.9 Å². The molecule has 2 saturated carbocycles. The molecule has 426 valence electrons. The van der Waals surface area contributed by atoms with E-state index in [1.54, 1.807) is 30.3 Å². The van der Waals surface area contributed by atoms with E-state index < -0.39 is 23.5 Å². The smallest absolute Gasteiger partial charge is 0.420 e. The van der Waals surface area contributed by atoms with Crippen LogP contribution >= 0.6 is 12.4 Å². The Morgan fingerprint density at radius 2 is 1.10 bits per heavy atom. The van der Waals surface area contributed by atoms with E-state index in [1.165, 1.54) is 44.6 Å². The summed E-state index contributed by atoms with van der Waals surface area (Å²) in [5, 5.41) is 4.69. The zero-order chi connectivity index (χ0) is 53.6. The molecule has 4 atom stereocenters. The van der Waals surface area contributed by atoms with Crippen LogP contribution < -0.4 is 14.8 Å². The summed E-state index contributed by atoms with van der Waals surface area (Å²) in [4.78, 5) is 37.6. The molecule has 9 nitrogen and oxygen atoms in total. The van der Waals surface area contributed by atoms with Crippen LogP contribution in [0.1, 0.15) is 178 Å². The summed E-state index contributed by atoms with van der Waals surface area (Å²) in [7, 11) is 1.49. The molecule has 77 heavy (non-hydrogen) atoms. The van der Waals surface area contributed by atoms with Crippen LogP contribution in [0.25, 0.3) is 21.5 Å². The molecule has 4 saturated heterocycles. The van der Waals surface area contributed by atoms with Gasteiger partial charge in [-0.25, -0.2) is 0 Å². The Labute approximate surface area is 457 Å². The summed E-state index contributed by atoms with van der Waals surface area (Å²) in [6, 6.07) is 17.7. The second-order valence-corrected chi connectivity index (χ2v) is 22.7. The first-order chi connectivity index (χ1) is 35.8. The third-order valence-corrected chi connectivity index (χ3v) is 16.8. The first-order valence-corrected chi connectivity index (χ1v) is 27.6. The van der Waals surface area contributed by atoms with E-state index in [4.69, 9.17) is 18.9 Å². The molecule has 0 amide bonds. The number of nitrogens with one attached hydrogen (secondary N) is 1. The van der Waals surface area contributed by atoms with Crippen molar-refractivity contribution in [3.05, 3.63) is 82.9 Å². The number of piperidine rings is 4. The number of hydrogen-bond donors (Lipinski definition) is 1. The molecule has 4 bridgehead atoms. The van der Waals surface area contributed by atoms with Crippen molar-refractivity contribution >= 4 is 52.2 Å². The molecular weight excluding hydrogens is 1020 g/mol. The number of hydrogen-bond acceptors (Lipinski definition) is 9. The lowest BCUT2D eigenvalue weighted by Crippen LogP contribution is -2.53. The van der Waals surface area contributed by atoms with Crippen molar-refractivity contribution in [3.8, 4) is 11.5 Å². The fraction of sp³-hybridized carbons (Fsp3) is 0.623. The van der Waals surface area contributed by atoms with Gasteiger partial charge in [-0.1, -0.05) is 82.6 Å². The molecule has 2 aliphatic carbocycles. The summed E-state index contributed by atoms with van der Waals surface area (Å²) in [5.41, 5.74) is -0.786. The predicted octanol–water partition coefficient (Wildman–Crippen LogP) is 15.7. The average Bonchev–Trinajstić information content (AvgIpc) is 3.37. The molecule has 0 radical (unpaired) electrons. The third kappa shape index (κ3) is 15.4. The van der Waals surface area contributed by atoms with Crippen molar-refractivity contribution < 1.29 is 59.7 Å². The second kappa shape index (κ2) is 27.0. The van der Waals surface area contributed by atoms with Gasteiger partial charge in [-0.2, -0.15) is 26.3 Å². The monoisotopic (exact) mass is 1100 g/mol. The maximum atomic E-state index is 14.7. The Hall–Kier alpha value is -4.60. The molecule has 10 rings (SSSR count). The van der Waals surface area contributed by atoms with Gasteiger partial charge in [0.05, 0.1) is 37.3 Å². The Balaban J connectivity index is 0.000000209. The number of esters is 2. The van der Waals surface area contributed by atoms with Crippen molar-refractivity contribution in [3.63, 3.8) is 0 Å². The number of rotatable bonds is 10. The summed E-state index contributed by atoms with van der Waals surface area (Å²) in [6.07, 6.45) is 7.88. The van der Waals surface area contributed by atoms with Gasteiger partial charge in [0.1, 0.15) is 22.6 Å². The number of halogens is 7. The maximum absolute atomic E-state index is 14.7. The van der Waals surface area contributed by atoms with Crippen LogP contribution in [0.2, 0.25) is 0 Å². The molecule has 0 aromatic heterocycles. The molecule has 4 heterocycles. The van der Waals surface area contributed by atoms with E-state index in [1.807, 2.05) is 26.0 Å². The predicted molar refractivity (Wildman–Crippen MR) is 292 cm³/mol. The van der Waals surface area contributed by atoms with Crippen LogP contribution in [0.5, 0.6) is 11.5 Å². The third-order valence-electron chi connectivity index (χ3n) is 16.8. The first-order valence-electron chi connectivity index (χ1n) is 27.6. The van der Waals surface area contributed by atoms with Gasteiger partial charge < -0.3 is 24.3 Å². The molecule has 4 aromatic carbocycles. The minimum atomic E-state index is -4.59. The number of carbonyl (C=O) groups is 3. The van der Waals surface area contributed by atoms with Crippen molar-refractivity contribution in [1.82, 2.24) is 10.2 Å². The van der Waals surface area contributed by atoms with Gasteiger partial charge in [0.25, 0.3) is 0 Å². The average molecular weight is 1100 g/mol. The van der Waals surface area contributed by atoms with Crippen LogP contribution in [0.4, 0.5) is 26.3 Å². The van der Waals surface area contributed by atoms with Gasteiger partial charge in [-0.3, -0.25) is 19.3 Å². The molecule has 1 N–H and O–H groups in total. The topological polar surface area (TPSA) is 103 Å². The number of aldehydes is 1. The van der Waals surface area contributed by atoms with Gasteiger partial charge in [0.2, 0.25) is 0 Å². The van der Waals surface area contributed by atoms with Gasteiger partial charge in [0, 0.05) is 47.0 Å². The zero-order valence-corrected chi connectivity index (χ0v) is 45.4. The van der Waals surface area contributed by atoms with Gasteiger partial charge in [-0.05, 0) is 157 Å². The van der Waals surface area contributed by atoms with Crippen LogP contribution in [0, 0.1) is 23.7 Å². The minimum Gasteiger partial charge on any atom is -0.490 e. The van der Waals surface area contributed by atoms with Gasteiger partial charge in [-0.15, -0.1) is 12.4 Å². The van der Waals surface area contributed by atoms with Gasteiger partial charge >= 0.3 is 24.3 Å². The fourth-order valence-corrected chi connectivity index (χ4v) is 12.9. The van der Waals surface area contributed by atoms with Gasteiger partial charge in [0.15, 0.2) is 6.29 Å². The normalized spacial score (nSPS) is 27.3. The number of ether oxygens (including phenoxy) is 4. The van der Waals surface area contributed by atoms with E-state index in [-0.39, 0.29) is 102 Å². The maximum Gasteiger partial charge on any atom is 0.420 e. The highest BCUT2D eigenvalue weighted by Gasteiger charge is 2.44. The molecule has 6 aliphatic rings. The molecule has 4 aliphatic heterocycles. The second-order valence-electron chi connectivity index (χ2n) is 22.7. The van der Waals surface area contributed by atoms with E-state index in [9.17, 15) is 40.7 Å². The number of nitrogens with zero attached hydrogens (tertiary/aromatic N) is 1. The van der Waals surface area contributed by atoms with E-state index in [2.05, 4.69) is 24.1 Å². The summed E-state index contributed by atoms with van der Waals surface area (Å²) >= 11 is 0. The van der Waals surface area contributed by atoms with Crippen molar-refractivity contribution in [2.24, 2.45) is 23.7 Å². The lowest BCUT2D eigenvalue weighted by molar-refractivity contribution is -0.157. The highest BCUT2D eigenvalue weighted by Crippen LogP contribution is 2.47. The minimum absolute atomic E-state index is 0. The Morgan fingerprint density at radius 1 is 0.636 bits per heavy atom. The highest BCUT2D eigenvalue weighted by molar-refractivity contribution is 6.01. The summed E-state index contributed by atoms with van der Waals surface area (Å²) in [5.74, 6) is 0.817. The molecule has 4 unspecified atom stereocenters. The van der Waals surface area contributed by atoms with Crippen molar-refractivity contribution in [1.29, 1.82) is 0 Å². The van der Waals surface area contributed by atoms with E-state index >= 15 is 0 Å². The molecular formula is C61H81ClF6N2O7. The Morgan fingerprint density at radius 3 is 1.58 bits per heavy atom. The SMILES string of the molecule is C.CC1CCC(Oc2ccc3cccc(C=O)c3c2C(F)(F)F)CC1.CC1CCC(Oc2ccc3cccc(CN4C5CCCC4CC(C(=O)OC(C)C)C5)c3c2C(F)(F)F)CC1.COC(=O)C1CC2CCCC(C1)N2.Cl. The number of methoxy groups -OCH3 is 1. The molecule has 4 aromatic rings. The highest BCUT2D eigenvalue weighted by atomic mass is 35.5. The molecule has 16 heteroatoms. The molecule has 6 fully saturated rings. The van der Waals surface area contributed by atoms with Crippen LogP contribution in [0.15, 0.2) is 60.7 Å². The zero-order valence-electron chi connectivity index (χ0n) is 44.6. The standard InChI is InChI=1S/C31H40F3NO3.C19H19F3O2.C10H17NO2.CH4.ClH/c1-19(2)37-30(36)23-16-24-8-5-9-25(17-23)35(24)18-22-7-4-6-21-12-15-27(29(28(21)22)31(32,33)34)38-26-13-10-20(3)11-14-26;1-12-5-8-15(9-6-12)24-16-10-7-13-3-2-4-14(11-23)17(13)18(16)19(20,21)22;1-13-10(12)7-5-8-3-2-4-9(6-7)11-8;;/h4,6-7,12,15,19-20,23-26H,5,8-11,13-14,16-18H2,1-3H3;2-4,7,10-12,15H,5-6,8-9H2,1H3;7-9,11H,2-6H2,1H3;1H4;1H. The first kappa shape index (κ1) is 61.6. The molecule has 0 spiro atoms. The summed E-state index contributed by atoms with van der Waals surface area (Å²) < 4.78 is 107. The van der Waals surface area contributed by atoms with Crippen LogP contribution in [0.3, 0.4) is 0 Å². The van der Waals surface area contributed by atoms with Crippen LogP contribution in [-0.2, 0) is 38.0 Å². The fourth-order valence-electron chi connectivity index (χ4n) is 12.9. The van der Waals surface area contributed by atoms with Crippen molar-refractivity contribution in [2.75, 3.05) is 7.11 Å². The largest absolute Gasteiger partial charge is 0.490 e. The Kier molecular flexibility index (Phi) is 21.6. The van der Waals surface area contributed by atoms with E-state index in [0.717, 1.165) is 83.5 Å². The number of carbonyl (C=O) groups excluding carboxylic acids is 3. The summed E-state index contributed by atoms with van der Waals surface area (Å²) in [6.45, 7) is 8.49. The quantitative estimate of drug-likeness (QED) is 0.0945.